The first-order valence-corrected chi connectivity index (χ1v) is 9.31. The minimum atomic E-state index is -0.402. The van der Waals surface area contributed by atoms with Gasteiger partial charge in [0.25, 0.3) is 0 Å². The first kappa shape index (κ1) is 16.4. The molecule has 1 amide bonds. The average Bonchev–Trinajstić information content (AvgIpc) is 2.87. The summed E-state index contributed by atoms with van der Waals surface area (Å²) in [6.45, 7) is 9.17. The zero-order valence-electron chi connectivity index (χ0n) is 15.5. The molecule has 0 spiro atoms. The summed E-state index contributed by atoms with van der Waals surface area (Å²) in [6.07, 6.45) is 2.80. The molecule has 0 saturated carbocycles. The van der Waals surface area contributed by atoms with Crippen LogP contribution in [0.15, 0.2) is 24.3 Å². The first-order valence-electron chi connectivity index (χ1n) is 9.31. The van der Waals surface area contributed by atoms with Gasteiger partial charge in [0.1, 0.15) is 5.60 Å². The van der Waals surface area contributed by atoms with Crippen molar-refractivity contribution in [1.29, 1.82) is 0 Å². The van der Waals surface area contributed by atoms with E-state index in [0.29, 0.717) is 12.5 Å². The summed E-state index contributed by atoms with van der Waals surface area (Å²) in [7, 11) is 0. The number of aryl methyl sites for hydroxylation is 1. The monoisotopic (exact) mass is 341 g/mol. The third-order valence-electron chi connectivity index (χ3n) is 5.49. The van der Waals surface area contributed by atoms with Gasteiger partial charge in [-0.3, -0.25) is 4.68 Å². The number of para-hydroxylation sites is 1. The smallest absolute Gasteiger partial charge is 0.410 e. The maximum Gasteiger partial charge on any atom is 0.410 e. The van der Waals surface area contributed by atoms with E-state index in [9.17, 15) is 4.79 Å². The van der Waals surface area contributed by atoms with E-state index in [-0.39, 0.29) is 18.2 Å². The van der Waals surface area contributed by atoms with Gasteiger partial charge in [-0.05, 0) is 38.7 Å². The van der Waals surface area contributed by atoms with Crippen LogP contribution in [0.5, 0.6) is 0 Å². The number of cyclic esters (lactones) is 1. The number of hydrogen-bond acceptors (Lipinski definition) is 3. The van der Waals surface area contributed by atoms with E-state index < -0.39 is 5.60 Å². The molecule has 2 fully saturated rings. The van der Waals surface area contributed by atoms with Gasteiger partial charge >= 0.3 is 6.09 Å². The molecular weight excluding hydrogens is 314 g/mol. The molecule has 5 nitrogen and oxygen atoms in total. The van der Waals surface area contributed by atoms with Crippen molar-refractivity contribution in [2.75, 3.05) is 6.54 Å². The van der Waals surface area contributed by atoms with E-state index in [1.54, 1.807) is 0 Å². The highest BCUT2D eigenvalue weighted by Gasteiger charge is 2.52. The van der Waals surface area contributed by atoms with Crippen LogP contribution in [0.4, 0.5) is 4.79 Å². The van der Waals surface area contributed by atoms with E-state index in [2.05, 4.69) is 42.8 Å². The maximum absolute atomic E-state index is 12.2. The molecule has 134 valence electrons. The Morgan fingerprint density at radius 3 is 2.80 bits per heavy atom. The second-order valence-corrected chi connectivity index (χ2v) is 8.46. The summed E-state index contributed by atoms with van der Waals surface area (Å²) < 4.78 is 7.67. The van der Waals surface area contributed by atoms with Crippen LogP contribution >= 0.6 is 0 Å². The van der Waals surface area contributed by atoms with Crippen molar-refractivity contribution in [3.8, 4) is 0 Å². The predicted octanol–water partition coefficient (Wildman–Crippen LogP) is 4.17. The molecule has 0 radical (unpaired) electrons. The van der Waals surface area contributed by atoms with Gasteiger partial charge in [-0.15, -0.1) is 0 Å². The SMILES string of the molecule is CC(C)CCc1nn(C2CN3C(=O)OC(C)(C)CC23)c2ccccc12. The minimum absolute atomic E-state index is 0.178. The fourth-order valence-corrected chi connectivity index (χ4v) is 4.08. The lowest BCUT2D eigenvalue weighted by Crippen LogP contribution is -2.65. The van der Waals surface area contributed by atoms with Crippen molar-refractivity contribution >= 4 is 17.0 Å². The molecule has 2 aromatic rings. The number of benzene rings is 1. The highest BCUT2D eigenvalue weighted by Crippen LogP contribution is 2.42. The molecular formula is C20H27N3O2. The number of carbonyl (C=O) groups is 1. The molecule has 2 unspecified atom stereocenters. The van der Waals surface area contributed by atoms with Crippen LogP contribution in [0.25, 0.3) is 10.9 Å². The van der Waals surface area contributed by atoms with E-state index >= 15 is 0 Å². The van der Waals surface area contributed by atoms with Crippen molar-refractivity contribution < 1.29 is 9.53 Å². The van der Waals surface area contributed by atoms with Gasteiger partial charge in [0.15, 0.2) is 0 Å². The van der Waals surface area contributed by atoms with E-state index in [1.807, 2.05) is 18.7 Å². The number of amides is 1. The largest absolute Gasteiger partial charge is 0.443 e. The Hall–Kier alpha value is -2.04. The Morgan fingerprint density at radius 1 is 1.28 bits per heavy atom. The third kappa shape index (κ3) is 2.79. The quantitative estimate of drug-likeness (QED) is 0.838. The summed E-state index contributed by atoms with van der Waals surface area (Å²) >= 11 is 0. The highest BCUT2D eigenvalue weighted by atomic mass is 16.6. The lowest BCUT2D eigenvalue weighted by Gasteiger charge is -2.53. The molecule has 0 bridgehead atoms. The van der Waals surface area contributed by atoms with Crippen LogP contribution in [0.3, 0.4) is 0 Å². The number of fused-ring (bicyclic) bond motifs is 2. The molecule has 5 heteroatoms. The fourth-order valence-electron chi connectivity index (χ4n) is 4.08. The van der Waals surface area contributed by atoms with Crippen LogP contribution < -0.4 is 0 Å². The molecule has 25 heavy (non-hydrogen) atoms. The van der Waals surface area contributed by atoms with Gasteiger partial charge in [-0.1, -0.05) is 32.0 Å². The zero-order chi connectivity index (χ0) is 17.8. The molecule has 2 aliphatic heterocycles. The summed E-state index contributed by atoms with van der Waals surface area (Å²) in [4.78, 5) is 14.0. The van der Waals surface area contributed by atoms with Crippen LogP contribution in [-0.4, -0.2) is 39.0 Å². The molecule has 0 N–H and O–H groups in total. The van der Waals surface area contributed by atoms with Crippen LogP contribution in [0.1, 0.15) is 52.3 Å². The van der Waals surface area contributed by atoms with E-state index in [1.165, 1.54) is 16.6 Å². The lowest BCUT2D eigenvalue weighted by atomic mass is 9.85. The lowest BCUT2D eigenvalue weighted by molar-refractivity contribution is -0.101. The Balaban J connectivity index is 1.67. The van der Waals surface area contributed by atoms with Crippen molar-refractivity contribution in [2.45, 2.75) is 64.6 Å². The number of aromatic nitrogens is 2. The van der Waals surface area contributed by atoms with Gasteiger partial charge in [-0.25, -0.2) is 4.79 Å². The summed E-state index contributed by atoms with van der Waals surface area (Å²) in [6, 6.07) is 8.89. The Kier molecular flexibility index (Phi) is 3.78. The third-order valence-corrected chi connectivity index (χ3v) is 5.49. The van der Waals surface area contributed by atoms with Crippen molar-refractivity contribution in [3.63, 3.8) is 0 Å². The van der Waals surface area contributed by atoms with Crippen LogP contribution in [-0.2, 0) is 11.2 Å². The molecule has 3 heterocycles. The van der Waals surface area contributed by atoms with E-state index in [0.717, 1.165) is 19.3 Å². The van der Waals surface area contributed by atoms with Gasteiger partial charge in [0.05, 0.1) is 23.3 Å². The normalized spacial score (nSPS) is 25.0. The molecule has 1 aromatic carbocycles. The predicted molar refractivity (Wildman–Crippen MR) is 97.6 cm³/mol. The number of nitrogens with zero attached hydrogens (tertiary/aromatic N) is 3. The highest BCUT2D eigenvalue weighted by molar-refractivity contribution is 5.82. The number of ether oxygens (including phenoxy) is 1. The standard InChI is InChI=1S/C20H27N3O2/c1-13(2)9-10-15-14-7-5-6-8-16(14)23(21-15)18-12-22-17(18)11-20(3,4)25-19(22)24/h5-8,13,17-18H,9-12H2,1-4H3. The molecule has 2 atom stereocenters. The van der Waals surface area contributed by atoms with E-state index in [4.69, 9.17) is 9.84 Å². The second kappa shape index (κ2) is 5.75. The number of rotatable bonds is 4. The van der Waals surface area contributed by atoms with Gasteiger partial charge in [0.2, 0.25) is 0 Å². The van der Waals surface area contributed by atoms with Crippen LogP contribution in [0, 0.1) is 5.92 Å². The Bertz CT molecular complexity index is 808. The molecule has 2 aliphatic rings. The number of carbonyl (C=O) groups excluding carboxylic acids is 1. The topological polar surface area (TPSA) is 47.4 Å². The van der Waals surface area contributed by atoms with Crippen molar-refractivity contribution in [1.82, 2.24) is 14.7 Å². The Labute approximate surface area is 148 Å². The summed E-state index contributed by atoms with van der Waals surface area (Å²) in [5.41, 5.74) is 1.96. The molecule has 1 aromatic heterocycles. The van der Waals surface area contributed by atoms with Crippen molar-refractivity contribution in [2.24, 2.45) is 5.92 Å². The first-order chi connectivity index (χ1) is 11.9. The average molecular weight is 341 g/mol. The number of hydrogen-bond donors (Lipinski definition) is 0. The molecule has 2 saturated heterocycles. The molecule has 4 rings (SSSR count). The van der Waals surface area contributed by atoms with Gasteiger partial charge in [0, 0.05) is 18.4 Å². The Morgan fingerprint density at radius 2 is 2.04 bits per heavy atom. The second-order valence-electron chi connectivity index (χ2n) is 8.46. The maximum atomic E-state index is 12.2. The summed E-state index contributed by atoms with van der Waals surface area (Å²) in [5.74, 6) is 0.664. The fraction of sp³-hybridized carbons (Fsp3) is 0.600. The zero-order valence-corrected chi connectivity index (χ0v) is 15.5. The van der Waals surface area contributed by atoms with Crippen molar-refractivity contribution in [3.05, 3.63) is 30.0 Å². The van der Waals surface area contributed by atoms with Crippen LogP contribution in [0.2, 0.25) is 0 Å². The molecule has 0 aliphatic carbocycles. The van der Waals surface area contributed by atoms with Gasteiger partial charge in [-0.2, -0.15) is 5.10 Å². The summed E-state index contributed by atoms with van der Waals surface area (Å²) in [5, 5.41) is 6.23. The minimum Gasteiger partial charge on any atom is -0.443 e. The van der Waals surface area contributed by atoms with Gasteiger partial charge < -0.3 is 9.64 Å².